The summed E-state index contributed by atoms with van der Waals surface area (Å²) >= 11 is 0. The summed E-state index contributed by atoms with van der Waals surface area (Å²) < 4.78 is 5.34. The summed E-state index contributed by atoms with van der Waals surface area (Å²) in [6.45, 7) is 2.50. The number of carbonyl (C=O) groups is 1. The van der Waals surface area contributed by atoms with E-state index in [2.05, 4.69) is 9.97 Å². The first-order chi connectivity index (χ1) is 11.9. The van der Waals surface area contributed by atoms with E-state index in [4.69, 9.17) is 12.6 Å². The summed E-state index contributed by atoms with van der Waals surface area (Å²) in [4.78, 5) is 32.6. The maximum atomic E-state index is 12.3. The normalized spacial score (nSPS) is 16.6. The molecule has 0 aromatic carbocycles. The molecule has 3 heterocycles. The van der Waals surface area contributed by atoms with Gasteiger partial charge in [0.2, 0.25) is 0 Å². The topological polar surface area (TPSA) is 99.1 Å². The molecule has 2 aromatic rings. The summed E-state index contributed by atoms with van der Waals surface area (Å²) in [5.74, 6) is -0.184. The zero-order valence-electron chi connectivity index (χ0n) is 14.1. The Labute approximate surface area is 146 Å². The number of Topliss-reactive ketones (excluding diaryl/α,β-unsaturated/α-hetero) is 1. The van der Waals surface area contributed by atoms with E-state index < -0.39 is 11.1 Å². The van der Waals surface area contributed by atoms with Crippen molar-refractivity contribution in [2.45, 2.75) is 25.3 Å². The van der Waals surface area contributed by atoms with Gasteiger partial charge in [-0.3, -0.25) is 14.6 Å². The van der Waals surface area contributed by atoms with Gasteiger partial charge in [-0.05, 0) is 18.9 Å². The highest BCUT2D eigenvalue weighted by Crippen LogP contribution is 2.32. The molecule has 2 radical (unpaired) electrons. The van der Waals surface area contributed by atoms with E-state index >= 15 is 0 Å². The highest BCUT2D eigenvalue weighted by molar-refractivity contribution is 6.14. The molecule has 1 N–H and O–H groups in total. The first kappa shape index (κ1) is 17.2. The molecular weight excluding hydrogens is 319 g/mol. The maximum Gasteiger partial charge on any atom is 0.268 e. The molecule has 0 saturated carbocycles. The molecule has 126 valence electrons. The van der Waals surface area contributed by atoms with Crippen LogP contribution >= 0.6 is 0 Å². The highest BCUT2D eigenvalue weighted by atomic mass is 16.5. The third-order valence-electron chi connectivity index (χ3n) is 4.68. The number of pyridine rings is 2. The third-order valence-corrected chi connectivity index (χ3v) is 4.68. The van der Waals surface area contributed by atoms with Crippen LogP contribution in [0.3, 0.4) is 0 Å². The Bertz CT molecular complexity index is 939. The van der Waals surface area contributed by atoms with E-state index in [1.807, 2.05) is 11.0 Å². The second-order valence-corrected chi connectivity index (χ2v) is 6.22. The lowest BCUT2D eigenvalue weighted by Crippen LogP contribution is -2.46. The van der Waals surface area contributed by atoms with Crippen LogP contribution in [-0.4, -0.2) is 49.3 Å². The standard InChI is InChI=1S/C17H17BN4O3/c1-10(23)13-7-11-14(9-20-13)21-16(24)12(8-19)15(11)22-5-3-17(18,25-2)4-6-22/h7,9H,3-6H2,1-2H3,(H,21,24). The highest BCUT2D eigenvalue weighted by Gasteiger charge is 2.31. The number of nitriles is 1. The predicted molar refractivity (Wildman–Crippen MR) is 94.0 cm³/mol. The Balaban J connectivity index is 2.18. The van der Waals surface area contributed by atoms with Crippen molar-refractivity contribution in [2.24, 2.45) is 0 Å². The number of H-pyrrole nitrogens is 1. The summed E-state index contributed by atoms with van der Waals surface area (Å²) in [5.41, 5.74) is 0.136. The molecule has 8 heteroatoms. The summed E-state index contributed by atoms with van der Waals surface area (Å²) in [5, 5.41) is 10.1. The second-order valence-electron chi connectivity index (χ2n) is 6.22. The van der Waals surface area contributed by atoms with Crippen molar-refractivity contribution < 1.29 is 9.53 Å². The molecule has 0 spiro atoms. The SMILES string of the molecule is [B]C1(OC)CCN(c2c(C#N)c(=O)[nH]c3cnc(C(C)=O)cc23)CC1. The first-order valence-corrected chi connectivity index (χ1v) is 7.94. The van der Waals surface area contributed by atoms with Crippen LogP contribution in [0.15, 0.2) is 17.1 Å². The molecule has 1 aliphatic heterocycles. The zero-order valence-corrected chi connectivity index (χ0v) is 14.1. The van der Waals surface area contributed by atoms with Gasteiger partial charge < -0.3 is 14.6 Å². The number of piperidine rings is 1. The molecule has 0 aliphatic carbocycles. The fourth-order valence-corrected chi connectivity index (χ4v) is 3.12. The first-order valence-electron chi connectivity index (χ1n) is 7.94. The van der Waals surface area contributed by atoms with Crippen LogP contribution in [-0.2, 0) is 4.74 Å². The number of aromatic amines is 1. The maximum absolute atomic E-state index is 12.3. The number of nitrogens with one attached hydrogen (secondary N) is 1. The van der Waals surface area contributed by atoms with E-state index in [9.17, 15) is 14.9 Å². The van der Waals surface area contributed by atoms with Crippen LogP contribution in [0.4, 0.5) is 5.69 Å². The Morgan fingerprint density at radius 2 is 2.16 bits per heavy atom. The number of methoxy groups -OCH3 is 1. The average molecular weight is 336 g/mol. The van der Waals surface area contributed by atoms with Crippen molar-refractivity contribution in [2.75, 3.05) is 25.1 Å². The monoisotopic (exact) mass is 336 g/mol. The van der Waals surface area contributed by atoms with Gasteiger partial charge in [-0.2, -0.15) is 5.26 Å². The van der Waals surface area contributed by atoms with Gasteiger partial charge in [-0.25, -0.2) is 0 Å². The summed E-state index contributed by atoms with van der Waals surface area (Å²) in [6.07, 6.45) is 2.57. The fourth-order valence-electron chi connectivity index (χ4n) is 3.12. The molecule has 25 heavy (non-hydrogen) atoms. The number of carbonyl (C=O) groups excluding carboxylic acids is 1. The van der Waals surface area contributed by atoms with Crippen LogP contribution in [0, 0.1) is 11.3 Å². The number of anilines is 1. The largest absolute Gasteiger partial charge is 0.388 e. The zero-order chi connectivity index (χ0) is 18.2. The molecule has 1 saturated heterocycles. The van der Waals surface area contributed by atoms with Crippen molar-refractivity contribution in [1.29, 1.82) is 5.26 Å². The molecule has 0 atom stereocenters. The minimum absolute atomic E-state index is 0.0233. The Hall–Kier alpha value is -2.66. The molecule has 1 fully saturated rings. The van der Waals surface area contributed by atoms with Gasteiger partial charge in [-0.15, -0.1) is 0 Å². The van der Waals surface area contributed by atoms with Gasteiger partial charge in [-0.1, -0.05) is 0 Å². The second kappa shape index (κ2) is 6.33. The molecule has 1 aliphatic rings. The minimum atomic E-state index is -0.702. The molecule has 0 unspecified atom stereocenters. The van der Waals surface area contributed by atoms with Crippen LogP contribution in [0.5, 0.6) is 0 Å². The van der Waals surface area contributed by atoms with Crippen molar-refractivity contribution in [3.8, 4) is 6.07 Å². The Morgan fingerprint density at radius 3 is 2.72 bits per heavy atom. The Kier molecular flexibility index (Phi) is 4.35. The molecule has 2 aromatic heterocycles. The fraction of sp³-hybridized carbons (Fsp3) is 0.412. The van der Waals surface area contributed by atoms with E-state index in [1.54, 1.807) is 13.2 Å². The molecule has 0 amide bonds. The lowest BCUT2D eigenvalue weighted by Gasteiger charge is -2.40. The number of ketones is 1. The van der Waals surface area contributed by atoms with E-state index in [-0.39, 0.29) is 17.0 Å². The number of rotatable bonds is 3. The van der Waals surface area contributed by atoms with Crippen LogP contribution in [0.25, 0.3) is 10.9 Å². The van der Waals surface area contributed by atoms with Crippen molar-refractivity contribution in [1.82, 2.24) is 9.97 Å². The van der Waals surface area contributed by atoms with Gasteiger partial charge in [0.15, 0.2) is 5.78 Å². The van der Waals surface area contributed by atoms with Gasteiger partial charge in [0.05, 0.1) is 17.4 Å². The number of ether oxygens (including phenoxy) is 1. The molecule has 3 rings (SSSR count). The van der Waals surface area contributed by atoms with E-state index in [0.29, 0.717) is 42.5 Å². The number of fused-ring (bicyclic) bond motifs is 1. The van der Waals surface area contributed by atoms with Crippen molar-refractivity contribution >= 4 is 30.2 Å². The average Bonchev–Trinajstić information content (AvgIpc) is 2.61. The van der Waals surface area contributed by atoms with E-state index in [1.165, 1.54) is 13.1 Å². The third kappa shape index (κ3) is 3.03. The molecular formula is C17H17BN4O3. The van der Waals surface area contributed by atoms with Crippen LogP contribution in [0.2, 0.25) is 0 Å². The van der Waals surface area contributed by atoms with Crippen molar-refractivity contribution in [3.63, 3.8) is 0 Å². The molecule has 0 bridgehead atoms. The van der Waals surface area contributed by atoms with Gasteiger partial charge in [0.25, 0.3) is 5.56 Å². The summed E-state index contributed by atoms with van der Waals surface area (Å²) in [7, 11) is 7.71. The van der Waals surface area contributed by atoms with Crippen molar-refractivity contribution in [3.05, 3.63) is 33.9 Å². The smallest absolute Gasteiger partial charge is 0.268 e. The van der Waals surface area contributed by atoms with Gasteiger partial charge in [0.1, 0.15) is 25.2 Å². The number of hydrogen-bond acceptors (Lipinski definition) is 6. The number of hydrogen-bond donors (Lipinski definition) is 1. The summed E-state index contributed by atoms with van der Waals surface area (Å²) in [6, 6.07) is 3.60. The predicted octanol–water partition coefficient (Wildman–Crippen LogP) is 1.11. The van der Waals surface area contributed by atoms with Gasteiger partial charge >= 0.3 is 0 Å². The van der Waals surface area contributed by atoms with Crippen LogP contribution in [0.1, 0.15) is 35.8 Å². The van der Waals surface area contributed by atoms with E-state index in [0.717, 1.165) is 0 Å². The van der Waals surface area contributed by atoms with Crippen LogP contribution < -0.4 is 10.5 Å². The van der Waals surface area contributed by atoms with Gasteiger partial charge in [0, 0.05) is 38.0 Å². The minimum Gasteiger partial charge on any atom is -0.388 e. The Morgan fingerprint density at radius 1 is 1.48 bits per heavy atom. The lowest BCUT2D eigenvalue weighted by molar-refractivity contribution is 0.0426. The lowest BCUT2D eigenvalue weighted by atomic mass is 9.73. The quantitative estimate of drug-likeness (QED) is 0.666. The number of aromatic nitrogens is 2. The molecule has 7 nitrogen and oxygen atoms in total. The number of nitrogens with zero attached hydrogens (tertiary/aromatic N) is 3.